The minimum absolute atomic E-state index is 0.0345. The molecule has 1 aliphatic heterocycles. The molecule has 0 spiro atoms. The largest absolute Gasteiger partial charge is 0.419 e. The average Bonchev–Trinajstić information content (AvgIpc) is 2.83. The van der Waals surface area contributed by atoms with Crippen LogP contribution in [0.4, 0.5) is 19.0 Å². The third kappa shape index (κ3) is 2.90. The molecule has 3 unspecified atom stereocenters. The third-order valence-electron chi connectivity index (χ3n) is 4.59. The third-order valence-corrected chi connectivity index (χ3v) is 5.03. The van der Waals surface area contributed by atoms with Crippen molar-refractivity contribution in [2.24, 2.45) is 17.6 Å². The van der Waals surface area contributed by atoms with Crippen molar-refractivity contribution in [1.29, 1.82) is 0 Å². The first-order valence-electron chi connectivity index (χ1n) is 7.09. The van der Waals surface area contributed by atoms with Gasteiger partial charge in [0.1, 0.15) is 5.82 Å². The van der Waals surface area contributed by atoms with Gasteiger partial charge in [-0.15, -0.1) is 0 Å². The fourth-order valence-corrected chi connectivity index (χ4v) is 3.91. The molecule has 3 atom stereocenters. The number of halogens is 4. The van der Waals surface area contributed by atoms with E-state index in [1.165, 1.54) is 6.20 Å². The fraction of sp³-hybridized carbons (Fsp3) is 0.643. The van der Waals surface area contributed by atoms with Crippen molar-refractivity contribution in [3.63, 3.8) is 0 Å². The molecule has 1 aromatic rings. The van der Waals surface area contributed by atoms with E-state index < -0.39 is 11.7 Å². The fourth-order valence-electron chi connectivity index (χ4n) is 3.58. The number of hydrogen-bond acceptors (Lipinski definition) is 3. The number of anilines is 1. The van der Waals surface area contributed by atoms with Crippen LogP contribution in [0.3, 0.4) is 0 Å². The summed E-state index contributed by atoms with van der Waals surface area (Å²) < 4.78 is 40.0. The minimum atomic E-state index is -4.40. The van der Waals surface area contributed by atoms with Crippen molar-refractivity contribution in [2.75, 3.05) is 18.0 Å². The summed E-state index contributed by atoms with van der Waals surface area (Å²) in [6.07, 6.45) is 0.103. The quantitative estimate of drug-likeness (QED) is 0.830. The van der Waals surface area contributed by atoms with Crippen LogP contribution in [0.25, 0.3) is 0 Å². The van der Waals surface area contributed by atoms with E-state index in [4.69, 9.17) is 5.73 Å². The summed E-state index contributed by atoms with van der Waals surface area (Å²) in [6.45, 7) is 1.19. The lowest BCUT2D eigenvalue weighted by atomic mass is 9.78. The van der Waals surface area contributed by atoms with Crippen molar-refractivity contribution >= 4 is 21.7 Å². The van der Waals surface area contributed by atoms with E-state index in [2.05, 4.69) is 20.9 Å². The zero-order valence-electron chi connectivity index (χ0n) is 11.4. The first-order valence-corrected chi connectivity index (χ1v) is 7.89. The summed E-state index contributed by atoms with van der Waals surface area (Å²) >= 11 is 3.07. The normalized spacial score (nSPS) is 29.6. The van der Waals surface area contributed by atoms with E-state index in [1.807, 2.05) is 0 Å². The second-order valence-corrected chi connectivity index (χ2v) is 6.86. The highest BCUT2D eigenvalue weighted by molar-refractivity contribution is 9.10. The molecule has 0 radical (unpaired) electrons. The number of alkyl halides is 3. The smallest absolute Gasteiger partial charge is 0.355 e. The topological polar surface area (TPSA) is 42.1 Å². The first kappa shape index (κ1) is 15.1. The Morgan fingerprint density at radius 3 is 2.71 bits per heavy atom. The van der Waals surface area contributed by atoms with Crippen molar-refractivity contribution < 1.29 is 13.2 Å². The van der Waals surface area contributed by atoms with Crippen molar-refractivity contribution in [3.05, 3.63) is 22.3 Å². The lowest BCUT2D eigenvalue weighted by Crippen LogP contribution is -2.38. The van der Waals surface area contributed by atoms with Gasteiger partial charge in [0.2, 0.25) is 0 Å². The molecule has 1 saturated heterocycles. The molecular weight excluding hydrogens is 347 g/mol. The van der Waals surface area contributed by atoms with E-state index in [0.717, 1.165) is 25.3 Å². The molecule has 3 nitrogen and oxygen atoms in total. The monoisotopic (exact) mass is 363 g/mol. The zero-order valence-corrected chi connectivity index (χ0v) is 13.0. The summed E-state index contributed by atoms with van der Waals surface area (Å²) in [6, 6.07) is 1.20. The maximum Gasteiger partial charge on any atom is 0.419 e. The molecule has 7 heteroatoms. The molecule has 3 rings (SSSR count). The van der Waals surface area contributed by atoms with E-state index in [0.29, 0.717) is 23.5 Å². The van der Waals surface area contributed by atoms with Crippen LogP contribution < -0.4 is 10.6 Å². The molecular formula is C14H17BrF3N3. The lowest BCUT2D eigenvalue weighted by molar-refractivity contribution is -0.137. The average molecular weight is 364 g/mol. The van der Waals surface area contributed by atoms with Gasteiger partial charge in [-0.25, -0.2) is 4.98 Å². The van der Waals surface area contributed by atoms with E-state index in [9.17, 15) is 13.2 Å². The summed E-state index contributed by atoms with van der Waals surface area (Å²) in [5.41, 5.74) is 5.45. The Kier molecular flexibility index (Phi) is 3.90. The highest BCUT2D eigenvalue weighted by atomic mass is 79.9. The molecule has 0 amide bonds. The summed E-state index contributed by atoms with van der Waals surface area (Å²) in [4.78, 5) is 5.79. The molecule has 0 aromatic carbocycles. The highest BCUT2D eigenvalue weighted by Crippen LogP contribution is 2.42. The number of hydrogen-bond donors (Lipinski definition) is 1. The molecule has 1 saturated carbocycles. The maximum absolute atomic E-state index is 13.2. The van der Waals surface area contributed by atoms with Gasteiger partial charge in [-0.2, -0.15) is 13.2 Å². The number of rotatable bonds is 1. The van der Waals surface area contributed by atoms with Crippen molar-refractivity contribution in [1.82, 2.24) is 4.98 Å². The Labute approximate surface area is 129 Å². The summed E-state index contributed by atoms with van der Waals surface area (Å²) in [5, 5.41) is 0. The van der Waals surface area contributed by atoms with E-state index in [-0.39, 0.29) is 17.8 Å². The van der Waals surface area contributed by atoms with Gasteiger partial charge in [-0.05, 0) is 46.7 Å². The number of fused-ring (bicyclic) bond motifs is 1. The van der Waals surface area contributed by atoms with Gasteiger partial charge in [0.25, 0.3) is 0 Å². The Balaban J connectivity index is 1.91. The van der Waals surface area contributed by atoms with Crippen molar-refractivity contribution in [2.45, 2.75) is 31.5 Å². The second kappa shape index (κ2) is 5.43. The van der Waals surface area contributed by atoms with Crippen LogP contribution in [0, 0.1) is 11.8 Å². The predicted molar refractivity (Wildman–Crippen MR) is 78.0 cm³/mol. The van der Waals surface area contributed by atoms with Gasteiger partial charge >= 0.3 is 6.18 Å². The lowest BCUT2D eigenvalue weighted by Gasteiger charge is -2.29. The van der Waals surface area contributed by atoms with E-state index in [1.54, 1.807) is 4.90 Å². The maximum atomic E-state index is 13.2. The number of nitrogens with zero attached hydrogens (tertiary/aromatic N) is 2. The molecule has 2 heterocycles. The number of nitrogens with two attached hydrogens (primary N) is 1. The van der Waals surface area contributed by atoms with Gasteiger partial charge in [0.05, 0.1) is 5.56 Å². The number of pyridine rings is 1. The Morgan fingerprint density at radius 2 is 2.05 bits per heavy atom. The molecule has 0 bridgehead atoms. The molecule has 1 aromatic heterocycles. The minimum Gasteiger partial charge on any atom is -0.355 e. The Bertz CT molecular complexity index is 535. The van der Waals surface area contributed by atoms with Crippen LogP contribution in [0.1, 0.15) is 24.8 Å². The Hall–Kier alpha value is -0.820. The van der Waals surface area contributed by atoms with Gasteiger partial charge in [0, 0.05) is 29.8 Å². The molecule has 21 heavy (non-hydrogen) atoms. The first-order chi connectivity index (χ1) is 9.86. The molecule has 2 aliphatic rings. The molecule has 2 fully saturated rings. The second-order valence-electron chi connectivity index (χ2n) is 5.95. The van der Waals surface area contributed by atoms with Crippen LogP contribution in [0.5, 0.6) is 0 Å². The van der Waals surface area contributed by atoms with Crippen LogP contribution in [-0.2, 0) is 6.18 Å². The summed E-state index contributed by atoms with van der Waals surface area (Å²) in [5.74, 6) is 0.706. The van der Waals surface area contributed by atoms with Gasteiger partial charge < -0.3 is 10.6 Å². The zero-order chi connectivity index (χ0) is 15.2. The van der Waals surface area contributed by atoms with Crippen LogP contribution >= 0.6 is 15.9 Å². The Morgan fingerprint density at radius 1 is 1.29 bits per heavy atom. The predicted octanol–water partition coefficient (Wildman–Crippen LogP) is 3.43. The molecule has 1 aliphatic carbocycles. The van der Waals surface area contributed by atoms with Crippen LogP contribution in [-0.4, -0.2) is 24.1 Å². The van der Waals surface area contributed by atoms with E-state index >= 15 is 0 Å². The number of aromatic nitrogens is 1. The molecule has 116 valence electrons. The van der Waals surface area contributed by atoms with Crippen LogP contribution in [0.15, 0.2) is 16.7 Å². The highest BCUT2D eigenvalue weighted by Gasteiger charge is 2.42. The van der Waals surface area contributed by atoms with Gasteiger partial charge in [-0.1, -0.05) is 6.42 Å². The SMILES string of the molecule is NC1CCCC2CN(c3ncc(Br)cc3C(F)(F)F)CC12. The molecule has 2 N–H and O–H groups in total. The standard InChI is InChI=1S/C14H17BrF3N3/c15-9-4-11(14(16,17)18)13(20-5-9)21-6-8-2-1-3-12(19)10(8)7-21/h4-5,8,10,12H,1-3,6-7,19H2. The van der Waals surface area contributed by atoms with Gasteiger partial charge in [0.15, 0.2) is 0 Å². The van der Waals surface area contributed by atoms with Crippen molar-refractivity contribution in [3.8, 4) is 0 Å². The van der Waals surface area contributed by atoms with Gasteiger partial charge in [-0.3, -0.25) is 0 Å². The van der Waals surface area contributed by atoms with Crippen LogP contribution in [0.2, 0.25) is 0 Å². The summed E-state index contributed by atoms with van der Waals surface area (Å²) in [7, 11) is 0.